The number of aromatic nitrogens is 2. The molecule has 0 saturated carbocycles. The van der Waals surface area contributed by atoms with Gasteiger partial charge in [-0.2, -0.15) is 0 Å². The molecular formula is C24H22N4O4. The molecule has 2 amide bonds. The van der Waals surface area contributed by atoms with E-state index < -0.39 is 0 Å². The van der Waals surface area contributed by atoms with E-state index in [1.54, 1.807) is 61.8 Å². The van der Waals surface area contributed by atoms with Crippen molar-refractivity contribution in [3.8, 4) is 11.5 Å². The van der Waals surface area contributed by atoms with E-state index in [0.717, 1.165) is 5.56 Å². The first-order chi connectivity index (χ1) is 15.5. The highest BCUT2D eigenvalue weighted by Gasteiger charge is 2.07. The summed E-state index contributed by atoms with van der Waals surface area (Å²) >= 11 is 0. The first-order valence-electron chi connectivity index (χ1n) is 9.95. The molecule has 4 aromatic rings. The van der Waals surface area contributed by atoms with Crippen molar-refractivity contribution in [2.75, 3.05) is 17.7 Å². The molecular weight excluding hydrogens is 408 g/mol. The lowest BCUT2D eigenvalue weighted by Crippen LogP contribution is -2.19. The summed E-state index contributed by atoms with van der Waals surface area (Å²) < 4.78 is 12.4. The van der Waals surface area contributed by atoms with Crippen molar-refractivity contribution in [3.05, 3.63) is 94.5 Å². The van der Waals surface area contributed by atoms with Crippen LogP contribution < -0.4 is 25.7 Å². The molecule has 2 N–H and O–H groups in total. The van der Waals surface area contributed by atoms with Crippen LogP contribution in [0.2, 0.25) is 0 Å². The number of hydrogen-bond donors (Lipinski definition) is 2. The van der Waals surface area contributed by atoms with Crippen molar-refractivity contribution >= 4 is 23.1 Å². The monoisotopic (exact) mass is 430 g/mol. The molecule has 8 heteroatoms. The van der Waals surface area contributed by atoms with Gasteiger partial charge in [0.25, 0.3) is 5.56 Å². The van der Waals surface area contributed by atoms with Crippen LogP contribution in [0.3, 0.4) is 0 Å². The van der Waals surface area contributed by atoms with Gasteiger partial charge in [0.2, 0.25) is 0 Å². The van der Waals surface area contributed by atoms with Gasteiger partial charge >= 0.3 is 6.03 Å². The molecule has 4 rings (SSSR count). The van der Waals surface area contributed by atoms with Gasteiger partial charge < -0.3 is 20.1 Å². The smallest absolute Gasteiger partial charge is 0.323 e. The molecule has 2 aromatic heterocycles. The maximum Gasteiger partial charge on any atom is 0.323 e. The minimum atomic E-state index is -0.361. The van der Waals surface area contributed by atoms with E-state index in [0.29, 0.717) is 34.2 Å². The van der Waals surface area contributed by atoms with Gasteiger partial charge in [-0.3, -0.25) is 9.20 Å². The predicted octanol–water partition coefficient (Wildman–Crippen LogP) is 4.23. The van der Waals surface area contributed by atoms with E-state index in [9.17, 15) is 9.59 Å². The number of rotatable bonds is 6. The Morgan fingerprint density at radius 3 is 2.22 bits per heavy atom. The quantitative estimate of drug-likeness (QED) is 0.477. The number of methoxy groups -OCH3 is 1. The lowest BCUT2D eigenvalue weighted by Gasteiger charge is -2.10. The second-order valence-corrected chi connectivity index (χ2v) is 7.09. The Bertz CT molecular complexity index is 1300. The van der Waals surface area contributed by atoms with Crippen LogP contribution in [0.5, 0.6) is 11.5 Å². The Balaban J connectivity index is 1.35. The van der Waals surface area contributed by atoms with E-state index in [1.165, 1.54) is 10.5 Å². The molecule has 2 aromatic carbocycles. The zero-order chi connectivity index (χ0) is 22.5. The SMILES string of the molecule is COc1ccc(NC(=O)Nc2ccc(OCc3cc(=O)n4cccc(C)c4n3)cc2)cc1. The molecule has 0 spiro atoms. The number of nitrogens with zero attached hydrogens (tertiary/aromatic N) is 2. The molecule has 0 saturated heterocycles. The van der Waals surface area contributed by atoms with Crippen molar-refractivity contribution in [1.82, 2.24) is 9.38 Å². The maximum atomic E-state index is 12.3. The highest BCUT2D eigenvalue weighted by atomic mass is 16.5. The van der Waals surface area contributed by atoms with Crippen LogP contribution in [0.25, 0.3) is 5.65 Å². The van der Waals surface area contributed by atoms with E-state index >= 15 is 0 Å². The number of pyridine rings is 1. The minimum absolute atomic E-state index is 0.153. The summed E-state index contributed by atoms with van der Waals surface area (Å²) in [7, 11) is 1.59. The second kappa shape index (κ2) is 9.22. The number of benzene rings is 2. The third-order valence-corrected chi connectivity index (χ3v) is 4.79. The summed E-state index contributed by atoms with van der Waals surface area (Å²) in [4.78, 5) is 29.0. The fourth-order valence-corrected chi connectivity index (χ4v) is 3.14. The Kier molecular flexibility index (Phi) is 6.03. The first-order valence-corrected chi connectivity index (χ1v) is 9.95. The number of amides is 2. The molecule has 0 fully saturated rings. The Morgan fingerprint density at radius 2 is 1.59 bits per heavy atom. The molecule has 8 nitrogen and oxygen atoms in total. The van der Waals surface area contributed by atoms with Crippen LogP contribution in [0.1, 0.15) is 11.3 Å². The number of anilines is 2. The Hall–Kier alpha value is -4.33. The summed E-state index contributed by atoms with van der Waals surface area (Å²) in [5.74, 6) is 1.31. The van der Waals surface area contributed by atoms with Gasteiger partial charge in [0.1, 0.15) is 23.8 Å². The van der Waals surface area contributed by atoms with E-state index in [-0.39, 0.29) is 18.2 Å². The summed E-state index contributed by atoms with van der Waals surface area (Å²) in [5.41, 5.74) is 3.18. The third kappa shape index (κ3) is 4.86. The molecule has 0 aliphatic heterocycles. The number of ether oxygens (including phenoxy) is 2. The molecule has 0 radical (unpaired) electrons. The fourth-order valence-electron chi connectivity index (χ4n) is 3.14. The number of fused-ring (bicyclic) bond motifs is 1. The largest absolute Gasteiger partial charge is 0.497 e. The molecule has 0 atom stereocenters. The molecule has 0 aliphatic carbocycles. The third-order valence-electron chi connectivity index (χ3n) is 4.79. The van der Waals surface area contributed by atoms with Gasteiger partial charge in [-0.1, -0.05) is 6.07 Å². The number of nitrogens with one attached hydrogen (secondary N) is 2. The lowest BCUT2D eigenvalue weighted by molar-refractivity contribution is 0.262. The van der Waals surface area contributed by atoms with Crippen LogP contribution in [-0.2, 0) is 6.61 Å². The van der Waals surface area contributed by atoms with Crippen molar-refractivity contribution in [2.24, 2.45) is 0 Å². The highest BCUT2D eigenvalue weighted by molar-refractivity contribution is 5.99. The van der Waals surface area contributed by atoms with Gasteiger partial charge in [-0.05, 0) is 67.1 Å². The fraction of sp³-hybridized carbons (Fsp3) is 0.125. The zero-order valence-electron chi connectivity index (χ0n) is 17.7. The average molecular weight is 430 g/mol. The van der Waals surface area contributed by atoms with Crippen molar-refractivity contribution in [1.29, 1.82) is 0 Å². The molecule has 0 aliphatic rings. The number of carbonyl (C=O) groups is 1. The normalized spacial score (nSPS) is 10.6. The summed E-state index contributed by atoms with van der Waals surface area (Å²) in [6.07, 6.45) is 1.69. The van der Waals surface area contributed by atoms with Gasteiger partial charge in [0, 0.05) is 23.6 Å². The second-order valence-electron chi connectivity index (χ2n) is 7.09. The summed E-state index contributed by atoms with van der Waals surface area (Å²) in [6, 6.07) is 18.8. The highest BCUT2D eigenvalue weighted by Crippen LogP contribution is 2.18. The van der Waals surface area contributed by atoms with E-state index in [4.69, 9.17) is 9.47 Å². The zero-order valence-corrected chi connectivity index (χ0v) is 17.7. The minimum Gasteiger partial charge on any atom is -0.497 e. The molecule has 162 valence electrons. The summed E-state index contributed by atoms with van der Waals surface area (Å²) in [5, 5.41) is 5.51. The molecule has 32 heavy (non-hydrogen) atoms. The van der Waals surface area contributed by atoms with Crippen molar-refractivity contribution in [3.63, 3.8) is 0 Å². The predicted molar refractivity (Wildman–Crippen MR) is 123 cm³/mol. The van der Waals surface area contributed by atoms with Gasteiger partial charge in [-0.25, -0.2) is 9.78 Å². The van der Waals surface area contributed by atoms with Crippen LogP contribution in [0, 0.1) is 6.92 Å². The number of carbonyl (C=O) groups excluding carboxylic acids is 1. The van der Waals surface area contributed by atoms with Crippen molar-refractivity contribution in [2.45, 2.75) is 13.5 Å². The standard InChI is InChI=1S/C24H22N4O4/c1-16-4-3-13-28-22(29)14-19(25-23(16)28)15-32-21-11-7-18(8-12-21)27-24(30)26-17-5-9-20(31-2)10-6-17/h3-14H,15H2,1-2H3,(H2,26,27,30). The average Bonchev–Trinajstić information content (AvgIpc) is 2.80. The maximum absolute atomic E-state index is 12.3. The molecule has 0 unspecified atom stereocenters. The van der Waals surface area contributed by atoms with Crippen LogP contribution in [0.4, 0.5) is 16.2 Å². The Labute approximate surface area is 184 Å². The van der Waals surface area contributed by atoms with Crippen LogP contribution in [-0.4, -0.2) is 22.5 Å². The first kappa shape index (κ1) is 20.9. The molecule has 2 heterocycles. The number of urea groups is 1. The van der Waals surface area contributed by atoms with E-state index in [2.05, 4.69) is 15.6 Å². The molecule has 0 bridgehead atoms. The Morgan fingerprint density at radius 1 is 0.969 bits per heavy atom. The van der Waals surface area contributed by atoms with Crippen LogP contribution >= 0.6 is 0 Å². The van der Waals surface area contributed by atoms with Crippen molar-refractivity contribution < 1.29 is 14.3 Å². The topological polar surface area (TPSA) is 94.0 Å². The lowest BCUT2D eigenvalue weighted by atomic mass is 10.3. The van der Waals surface area contributed by atoms with Gasteiger partial charge in [-0.15, -0.1) is 0 Å². The van der Waals surface area contributed by atoms with Gasteiger partial charge in [0.05, 0.1) is 12.8 Å². The van der Waals surface area contributed by atoms with E-state index in [1.807, 2.05) is 19.1 Å². The summed E-state index contributed by atoms with van der Waals surface area (Å²) in [6.45, 7) is 2.06. The van der Waals surface area contributed by atoms with Crippen LogP contribution in [0.15, 0.2) is 77.7 Å². The van der Waals surface area contributed by atoms with Gasteiger partial charge in [0.15, 0.2) is 0 Å². The number of hydrogen-bond acceptors (Lipinski definition) is 5. The number of aryl methyl sites for hydroxylation is 1.